The fourth-order valence-electron chi connectivity index (χ4n) is 9.49. The molecule has 56 heavy (non-hydrogen) atoms. The SMILES string of the molecule is C=C1CCC(N2C(=O)c3ccc(N4CCN(CCCN5CC(Oc6ccc([C@@H]7c8ccc(O)cc8CC[C@@H]7c7ccccc7)cc6)C5)CC4)cc3C2=O)C(=O)N1. The zero-order valence-corrected chi connectivity index (χ0v) is 31.7. The van der Waals surface area contributed by atoms with Gasteiger partial charge in [-0.15, -0.1) is 0 Å². The van der Waals surface area contributed by atoms with Gasteiger partial charge < -0.3 is 20.1 Å². The van der Waals surface area contributed by atoms with Crippen LogP contribution in [-0.2, 0) is 11.2 Å². The van der Waals surface area contributed by atoms with Gasteiger partial charge in [-0.05, 0) is 116 Å². The molecular weight excluding hydrogens is 703 g/mol. The van der Waals surface area contributed by atoms with Crippen molar-refractivity contribution in [1.29, 1.82) is 0 Å². The highest BCUT2D eigenvalue weighted by molar-refractivity contribution is 6.23. The van der Waals surface area contributed by atoms with E-state index in [9.17, 15) is 19.5 Å². The van der Waals surface area contributed by atoms with E-state index < -0.39 is 17.9 Å². The average Bonchev–Trinajstić information content (AvgIpc) is 3.45. The molecule has 5 aliphatic rings. The van der Waals surface area contributed by atoms with Crippen LogP contribution in [0.3, 0.4) is 0 Å². The number of imide groups is 1. The molecule has 4 aromatic rings. The van der Waals surface area contributed by atoms with E-state index in [0.717, 1.165) is 88.0 Å². The molecule has 1 unspecified atom stereocenters. The van der Waals surface area contributed by atoms with Gasteiger partial charge in [0.05, 0.1) is 11.1 Å². The number of fused-ring (bicyclic) bond motifs is 2. The van der Waals surface area contributed by atoms with Crippen LogP contribution in [0.4, 0.5) is 5.69 Å². The largest absolute Gasteiger partial charge is 0.508 e. The van der Waals surface area contributed by atoms with Crippen molar-refractivity contribution in [3.8, 4) is 11.5 Å². The molecule has 2 N–H and O–H groups in total. The lowest BCUT2D eigenvalue weighted by Crippen LogP contribution is -2.54. The number of nitrogens with zero attached hydrogens (tertiary/aromatic N) is 4. The molecule has 3 fully saturated rings. The molecule has 0 bridgehead atoms. The van der Waals surface area contributed by atoms with Crippen LogP contribution < -0.4 is 15.0 Å². The summed E-state index contributed by atoms with van der Waals surface area (Å²) >= 11 is 0. The standard InChI is InChI=1S/C46H49N5O5/c1-30-8-19-42(44(53)47-30)51-45(54)40-17-12-34(27-41(40)46(51)55)50-24-22-48(23-25-50)20-5-21-49-28-37(29-49)56-36-14-9-32(10-15-36)43-38(31-6-3-2-4-7-31)16-11-33-26-35(52)13-18-39(33)43/h2-4,6-7,9-10,12-15,17-18,26-27,37-38,42-43,52H,1,5,8,11,16,19-25,28-29H2,(H,47,53)/t38-,42?,43+/m1/s1. The molecule has 10 heteroatoms. The van der Waals surface area contributed by atoms with Gasteiger partial charge in [-0.25, -0.2) is 0 Å². The number of hydrogen-bond donors (Lipinski definition) is 2. The molecule has 3 amide bonds. The lowest BCUT2D eigenvalue weighted by atomic mass is 9.69. The second-order valence-corrected chi connectivity index (χ2v) is 16.0. The van der Waals surface area contributed by atoms with E-state index >= 15 is 0 Å². The third-order valence-corrected chi connectivity index (χ3v) is 12.5. The Morgan fingerprint density at radius 3 is 2.27 bits per heavy atom. The topological polar surface area (TPSA) is 106 Å². The summed E-state index contributed by atoms with van der Waals surface area (Å²) in [4.78, 5) is 47.5. The number of benzene rings is 4. The number of rotatable bonds is 10. The highest BCUT2D eigenvalue weighted by atomic mass is 16.5. The summed E-state index contributed by atoms with van der Waals surface area (Å²) in [5.41, 5.74) is 7.47. The Labute approximate surface area is 328 Å². The predicted molar refractivity (Wildman–Crippen MR) is 215 cm³/mol. The summed E-state index contributed by atoms with van der Waals surface area (Å²) in [5, 5.41) is 12.9. The van der Waals surface area contributed by atoms with E-state index in [0.29, 0.717) is 41.3 Å². The Morgan fingerprint density at radius 1 is 0.750 bits per heavy atom. The van der Waals surface area contributed by atoms with E-state index in [1.165, 1.54) is 22.3 Å². The molecule has 3 atom stereocenters. The van der Waals surface area contributed by atoms with E-state index in [4.69, 9.17) is 4.74 Å². The highest BCUT2D eigenvalue weighted by Crippen LogP contribution is 2.47. The first-order valence-electron chi connectivity index (χ1n) is 20.1. The van der Waals surface area contributed by atoms with E-state index in [1.807, 2.05) is 24.3 Å². The number of phenolic OH excluding ortho intramolecular Hbond substituents is 1. The number of carbonyl (C=O) groups is 3. The average molecular weight is 752 g/mol. The number of phenols is 1. The van der Waals surface area contributed by atoms with Crippen LogP contribution in [0.5, 0.6) is 11.5 Å². The number of aryl methyl sites for hydroxylation is 1. The Kier molecular flexibility index (Phi) is 9.85. The van der Waals surface area contributed by atoms with Crippen LogP contribution in [0.2, 0.25) is 0 Å². The highest BCUT2D eigenvalue weighted by Gasteiger charge is 2.44. The van der Waals surface area contributed by atoms with Crippen LogP contribution >= 0.6 is 0 Å². The lowest BCUT2D eigenvalue weighted by molar-refractivity contribution is -0.125. The summed E-state index contributed by atoms with van der Waals surface area (Å²) in [7, 11) is 0. The lowest BCUT2D eigenvalue weighted by Gasteiger charge is -2.40. The minimum Gasteiger partial charge on any atom is -0.508 e. The number of piperidine rings is 1. The Bertz CT molecular complexity index is 2140. The second kappa shape index (κ2) is 15.2. The first-order valence-corrected chi connectivity index (χ1v) is 20.1. The molecule has 3 saturated heterocycles. The Morgan fingerprint density at radius 2 is 1.50 bits per heavy atom. The number of nitrogens with one attached hydrogen (secondary N) is 1. The van der Waals surface area contributed by atoms with Crippen molar-refractivity contribution in [2.75, 3.05) is 57.3 Å². The van der Waals surface area contributed by atoms with E-state index in [2.05, 4.69) is 87.3 Å². The minimum atomic E-state index is -0.801. The number of hydrogen-bond acceptors (Lipinski definition) is 8. The zero-order valence-electron chi connectivity index (χ0n) is 31.7. The van der Waals surface area contributed by atoms with Crippen LogP contribution in [0.25, 0.3) is 0 Å². The Hall–Kier alpha value is -5.45. The molecule has 0 aromatic heterocycles. The molecular formula is C46H49N5O5. The fourth-order valence-corrected chi connectivity index (χ4v) is 9.49. The molecule has 4 aliphatic heterocycles. The molecule has 10 nitrogen and oxygen atoms in total. The molecule has 4 heterocycles. The monoisotopic (exact) mass is 751 g/mol. The van der Waals surface area contributed by atoms with Crippen molar-refractivity contribution >= 4 is 23.4 Å². The van der Waals surface area contributed by atoms with Gasteiger partial charge in [0.25, 0.3) is 11.8 Å². The second-order valence-electron chi connectivity index (χ2n) is 16.0. The summed E-state index contributed by atoms with van der Waals surface area (Å²) in [6, 6.07) is 30.0. The number of anilines is 1. The maximum atomic E-state index is 13.4. The molecule has 0 spiro atoms. The molecule has 288 valence electrons. The van der Waals surface area contributed by atoms with Crippen molar-refractivity contribution in [3.63, 3.8) is 0 Å². The first kappa shape index (κ1) is 36.2. The normalized spacial score (nSPS) is 23.1. The minimum absolute atomic E-state index is 0.196. The van der Waals surface area contributed by atoms with Gasteiger partial charge in [0.15, 0.2) is 0 Å². The van der Waals surface area contributed by atoms with Crippen LogP contribution in [-0.4, -0.2) is 102 Å². The van der Waals surface area contributed by atoms with Crippen LogP contribution in [0.15, 0.2) is 103 Å². The molecule has 0 radical (unpaired) electrons. The number of ether oxygens (including phenoxy) is 1. The molecule has 9 rings (SSSR count). The van der Waals surface area contributed by atoms with Crippen LogP contribution in [0, 0.1) is 0 Å². The number of allylic oxidation sites excluding steroid dienone is 1. The van der Waals surface area contributed by atoms with Gasteiger partial charge in [-0.3, -0.25) is 29.1 Å². The number of amides is 3. The van der Waals surface area contributed by atoms with Gasteiger partial charge in [0.1, 0.15) is 23.6 Å². The number of aromatic hydroxyl groups is 1. The van der Waals surface area contributed by atoms with Gasteiger partial charge in [-0.2, -0.15) is 0 Å². The number of likely N-dealkylation sites (tertiary alicyclic amines) is 1. The van der Waals surface area contributed by atoms with Crippen molar-refractivity contribution in [1.82, 2.24) is 20.0 Å². The fraction of sp³-hybridized carbons (Fsp3) is 0.370. The summed E-state index contributed by atoms with van der Waals surface area (Å²) in [5.74, 6) is 0.705. The summed E-state index contributed by atoms with van der Waals surface area (Å²) < 4.78 is 6.40. The van der Waals surface area contributed by atoms with Gasteiger partial charge in [0, 0.05) is 56.6 Å². The van der Waals surface area contributed by atoms with Crippen LogP contribution in [0.1, 0.15) is 80.5 Å². The maximum Gasteiger partial charge on any atom is 0.262 e. The maximum absolute atomic E-state index is 13.4. The van der Waals surface area contributed by atoms with Crippen molar-refractivity contribution < 1.29 is 24.2 Å². The smallest absolute Gasteiger partial charge is 0.262 e. The third kappa shape index (κ3) is 7.08. The van der Waals surface area contributed by atoms with Crippen molar-refractivity contribution in [3.05, 3.63) is 137 Å². The van der Waals surface area contributed by atoms with Gasteiger partial charge >= 0.3 is 0 Å². The van der Waals surface area contributed by atoms with Crippen molar-refractivity contribution in [2.45, 2.75) is 56.1 Å². The zero-order chi connectivity index (χ0) is 38.3. The summed E-state index contributed by atoms with van der Waals surface area (Å²) in [6.45, 7) is 11.3. The predicted octanol–water partition coefficient (Wildman–Crippen LogP) is 5.92. The number of piperazine rings is 1. The number of carbonyl (C=O) groups excluding carboxylic acids is 3. The van der Waals surface area contributed by atoms with Gasteiger partial charge in [-0.1, -0.05) is 55.1 Å². The van der Waals surface area contributed by atoms with Crippen molar-refractivity contribution in [2.24, 2.45) is 0 Å². The molecule has 1 aliphatic carbocycles. The van der Waals surface area contributed by atoms with E-state index in [-0.39, 0.29) is 17.9 Å². The quantitative estimate of drug-likeness (QED) is 0.193. The molecule has 4 aromatic carbocycles. The third-order valence-electron chi connectivity index (χ3n) is 12.5. The summed E-state index contributed by atoms with van der Waals surface area (Å²) in [6.07, 6.45) is 4.24. The van der Waals surface area contributed by atoms with Gasteiger partial charge in [0.2, 0.25) is 5.91 Å². The first-order chi connectivity index (χ1) is 27.3. The van der Waals surface area contributed by atoms with E-state index in [1.54, 1.807) is 6.07 Å². The Balaban J connectivity index is 0.726. The molecule has 0 saturated carbocycles.